The first kappa shape index (κ1) is 14.3. The van der Waals surface area contributed by atoms with Gasteiger partial charge in [0, 0.05) is 12.3 Å². The first-order valence-corrected chi connectivity index (χ1v) is 7.48. The second-order valence-corrected chi connectivity index (χ2v) is 5.58. The second-order valence-electron chi connectivity index (χ2n) is 5.58. The first-order valence-electron chi connectivity index (χ1n) is 7.48. The van der Waals surface area contributed by atoms with Crippen molar-refractivity contribution in [3.8, 4) is 0 Å². The van der Waals surface area contributed by atoms with Gasteiger partial charge in [-0.15, -0.1) is 0 Å². The summed E-state index contributed by atoms with van der Waals surface area (Å²) in [5, 5.41) is 3.76. The van der Waals surface area contributed by atoms with Gasteiger partial charge in [-0.3, -0.25) is 0 Å². The van der Waals surface area contributed by atoms with Crippen molar-refractivity contribution in [2.45, 2.75) is 56.7 Å². The second kappa shape index (κ2) is 7.50. The number of hydrazone groups is 1. The fourth-order valence-corrected chi connectivity index (χ4v) is 3.06. The Kier molecular flexibility index (Phi) is 5.66. The van der Waals surface area contributed by atoms with E-state index in [4.69, 9.17) is 11.5 Å². The van der Waals surface area contributed by atoms with Crippen LogP contribution in [0, 0.1) is 0 Å². The van der Waals surface area contributed by atoms with Crippen molar-refractivity contribution >= 4 is 6.21 Å². The molecule has 3 aliphatic rings. The van der Waals surface area contributed by atoms with E-state index in [0.717, 1.165) is 6.04 Å². The van der Waals surface area contributed by atoms with Gasteiger partial charge in [-0.05, 0) is 51.0 Å². The predicted octanol–water partition coefficient (Wildman–Crippen LogP) is 0.769. The maximum atomic E-state index is 5.55. The average molecular weight is 265 g/mol. The van der Waals surface area contributed by atoms with E-state index in [1.165, 1.54) is 57.8 Å². The molecule has 2 fully saturated rings. The van der Waals surface area contributed by atoms with Crippen LogP contribution in [-0.2, 0) is 0 Å². The predicted molar refractivity (Wildman–Crippen MR) is 79.8 cm³/mol. The van der Waals surface area contributed by atoms with Gasteiger partial charge in [0.2, 0.25) is 0 Å². The van der Waals surface area contributed by atoms with Gasteiger partial charge in [0.25, 0.3) is 0 Å². The summed E-state index contributed by atoms with van der Waals surface area (Å²) >= 11 is 0. The lowest BCUT2D eigenvalue weighted by molar-refractivity contribution is 0.109. The molecule has 0 aliphatic carbocycles. The molecule has 0 saturated carbocycles. The molecule has 0 aromatic carbocycles. The highest BCUT2D eigenvalue weighted by molar-refractivity contribution is 5.67. The Hall–Kier alpha value is -1.07. The van der Waals surface area contributed by atoms with Crippen molar-refractivity contribution in [3.63, 3.8) is 0 Å². The lowest BCUT2D eigenvalue weighted by Gasteiger charge is -2.39. The van der Waals surface area contributed by atoms with Gasteiger partial charge < -0.3 is 21.8 Å². The third-order valence-electron chi connectivity index (χ3n) is 4.19. The quantitative estimate of drug-likeness (QED) is 0.654. The van der Waals surface area contributed by atoms with Gasteiger partial charge in [0.1, 0.15) is 0 Å². The molecule has 0 amide bonds. The Bertz CT molecular complexity index is 289. The van der Waals surface area contributed by atoms with Crippen molar-refractivity contribution in [1.29, 1.82) is 0 Å². The van der Waals surface area contributed by atoms with Crippen LogP contribution in [0.25, 0.3) is 0 Å². The molecule has 108 valence electrons. The van der Waals surface area contributed by atoms with Crippen LogP contribution in [0.2, 0.25) is 0 Å². The average Bonchev–Trinajstić information content (AvgIpc) is 2.86. The molecule has 2 saturated heterocycles. The minimum absolute atomic E-state index is 0.0372. The molecule has 0 aromatic rings. The molecule has 0 spiro atoms. The third-order valence-corrected chi connectivity index (χ3v) is 4.19. The molecule has 0 bridgehead atoms. The normalized spacial score (nSPS) is 31.6. The minimum atomic E-state index is -0.0372. The molecule has 0 aromatic heterocycles. The maximum Gasteiger partial charge on any atom is 0.0839 e. The summed E-state index contributed by atoms with van der Waals surface area (Å²) in [5.41, 5.74) is 13.5. The minimum Gasteiger partial charge on any atom is -0.405 e. The van der Waals surface area contributed by atoms with Crippen molar-refractivity contribution in [3.05, 3.63) is 12.3 Å². The number of hydrogen-bond donors (Lipinski definition) is 3. The largest absolute Gasteiger partial charge is 0.405 e. The molecule has 3 aliphatic heterocycles. The summed E-state index contributed by atoms with van der Waals surface area (Å²) in [7, 11) is 0. The molecular weight excluding hydrogens is 238 g/mol. The van der Waals surface area contributed by atoms with Crippen LogP contribution in [0.1, 0.15) is 38.5 Å². The number of piperidine rings is 2. The molecule has 0 radical (unpaired) electrons. The smallest absolute Gasteiger partial charge is 0.0839 e. The van der Waals surface area contributed by atoms with Gasteiger partial charge in [0.05, 0.1) is 12.1 Å². The first-order chi connectivity index (χ1) is 9.31. The Morgan fingerprint density at radius 1 is 1.16 bits per heavy atom. The molecule has 5 heteroatoms. The zero-order valence-electron chi connectivity index (χ0n) is 11.7. The SMILES string of the molecule is C1CCN2CCCCC2C1.N/C=C\C1NN=CC1N. The van der Waals surface area contributed by atoms with Gasteiger partial charge >= 0.3 is 0 Å². The van der Waals surface area contributed by atoms with Gasteiger partial charge in [-0.2, -0.15) is 5.10 Å². The van der Waals surface area contributed by atoms with Crippen LogP contribution in [0.4, 0.5) is 0 Å². The van der Waals surface area contributed by atoms with Crippen LogP contribution in [0.15, 0.2) is 17.4 Å². The lowest BCUT2D eigenvalue weighted by Crippen LogP contribution is -2.42. The molecular formula is C14H27N5. The molecule has 19 heavy (non-hydrogen) atoms. The van der Waals surface area contributed by atoms with E-state index >= 15 is 0 Å². The van der Waals surface area contributed by atoms with Crippen LogP contribution < -0.4 is 16.9 Å². The van der Waals surface area contributed by atoms with Crippen molar-refractivity contribution in [2.75, 3.05) is 13.1 Å². The van der Waals surface area contributed by atoms with E-state index in [-0.39, 0.29) is 12.1 Å². The summed E-state index contributed by atoms with van der Waals surface area (Å²) in [6, 6.07) is 1.03. The fourth-order valence-electron chi connectivity index (χ4n) is 3.06. The van der Waals surface area contributed by atoms with Crippen molar-refractivity contribution in [1.82, 2.24) is 10.3 Å². The topological polar surface area (TPSA) is 79.7 Å². The maximum absolute atomic E-state index is 5.55. The fraction of sp³-hybridized carbons (Fsp3) is 0.786. The third kappa shape index (κ3) is 4.21. The van der Waals surface area contributed by atoms with Gasteiger partial charge in [-0.25, -0.2) is 0 Å². The molecule has 5 N–H and O–H groups in total. The van der Waals surface area contributed by atoms with Crippen LogP contribution in [0.3, 0.4) is 0 Å². The molecule has 2 atom stereocenters. The summed E-state index contributed by atoms with van der Waals surface area (Å²) in [6.45, 7) is 2.79. The highest BCUT2D eigenvalue weighted by Gasteiger charge is 2.24. The molecule has 3 rings (SSSR count). The summed E-state index contributed by atoms with van der Waals surface area (Å²) in [5.74, 6) is 0. The number of hydrogen-bond acceptors (Lipinski definition) is 5. The monoisotopic (exact) mass is 265 g/mol. The number of fused-ring (bicyclic) bond motifs is 1. The van der Waals surface area contributed by atoms with Crippen LogP contribution >= 0.6 is 0 Å². The number of nitrogens with zero attached hydrogens (tertiary/aromatic N) is 2. The Morgan fingerprint density at radius 2 is 1.84 bits per heavy atom. The van der Waals surface area contributed by atoms with E-state index in [9.17, 15) is 0 Å². The Morgan fingerprint density at radius 3 is 2.32 bits per heavy atom. The zero-order chi connectivity index (χ0) is 13.5. The number of rotatable bonds is 1. The van der Waals surface area contributed by atoms with E-state index in [0.29, 0.717) is 0 Å². The number of nitrogens with two attached hydrogens (primary N) is 2. The molecule has 3 heterocycles. The van der Waals surface area contributed by atoms with Crippen molar-refractivity contribution in [2.24, 2.45) is 16.6 Å². The van der Waals surface area contributed by atoms with E-state index in [1.54, 1.807) is 12.3 Å². The van der Waals surface area contributed by atoms with Gasteiger partial charge in [-0.1, -0.05) is 12.8 Å². The van der Waals surface area contributed by atoms with E-state index in [1.807, 2.05) is 0 Å². The molecule has 2 unspecified atom stereocenters. The Labute approximate surface area is 116 Å². The highest BCUT2D eigenvalue weighted by atomic mass is 15.3. The lowest BCUT2D eigenvalue weighted by atomic mass is 9.93. The zero-order valence-corrected chi connectivity index (χ0v) is 11.7. The van der Waals surface area contributed by atoms with Gasteiger partial charge in [0.15, 0.2) is 0 Å². The summed E-state index contributed by atoms with van der Waals surface area (Å²) in [4.78, 5) is 2.70. The van der Waals surface area contributed by atoms with Crippen molar-refractivity contribution < 1.29 is 0 Å². The van der Waals surface area contributed by atoms with E-state index < -0.39 is 0 Å². The Balaban J connectivity index is 0.000000141. The van der Waals surface area contributed by atoms with Crippen LogP contribution in [-0.4, -0.2) is 42.3 Å². The summed E-state index contributed by atoms with van der Waals surface area (Å²) < 4.78 is 0. The van der Waals surface area contributed by atoms with Crippen LogP contribution in [0.5, 0.6) is 0 Å². The number of nitrogens with one attached hydrogen (secondary N) is 1. The molecule has 5 nitrogen and oxygen atoms in total. The standard InChI is InChI=1S/C9H17N.C5H10N4/c1-3-7-10-8-4-2-6-9(10)5-1;6-2-1-5-4(7)3-8-9-5/h9H,1-8H2;1-5,9H,6-7H2/b;2-1-. The highest BCUT2D eigenvalue weighted by Crippen LogP contribution is 2.25. The summed E-state index contributed by atoms with van der Waals surface area (Å²) in [6.07, 6.45) is 13.8. The van der Waals surface area contributed by atoms with E-state index in [2.05, 4.69) is 15.4 Å².